The predicted molar refractivity (Wildman–Crippen MR) is 94.4 cm³/mol. The van der Waals surface area contributed by atoms with Gasteiger partial charge in [0.2, 0.25) is 5.69 Å². The minimum absolute atomic E-state index is 0.191. The van der Waals surface area contributed by atoms with Gasteiger partial charge in [-0.3, -0.25) is 4.79 Å². The summed E-state index contributed by atoms with van der Waals surface area (Å²) in [5, 5.41) is 16.6. The number of aryl methyl sites for hydroxylation is 2. The second-order valence-electron chi connectivity index (χ2n) is 5.94. The number of carbonyl (C=O) groups excluding carboxylic acids is 1. The van der Waals surface area contributed by atoms with Crippen molar-refractivity contribution in [2.45, 2.75) is 13.8 Å². The molecule has 0 unspecified atom stereocenters. The molecule has 4 rings (SSSR count). The molecule has 0 saturated carbocycles. The molecular formula is C18H14N4O3S. The van der Waals surface area contributed by atoms with E-state index in [4.69, 9.17) is 10.3 Å². The average Bonchev–Trinajstić information content (AvgIpc) is 3.15. The highest BCUT2D eigenvalue weighted by Crippen LogP contribution is 2.34. The molecule has 3 heterocycles. The van der Waals surface area contributed by atoms with Crippen LogP contribution in [0.3, 0.4) is 0 Å². The Hall–Kier alpha value is -3.26. The number of hydrogen-bond acceptors (Lipinski definition) is 7. The van der Waals surface area contributed by atoms with Crippen molar-refractivity contribution in [3.05, 3.63) is 58.2 Å². The molecule has 0 amide bonds. The molecule has 0 aliphatic carbocycles. The molecule has 0 aliphatic heterocycles. The number of aromatic nitrogens is 3. The van der Waals surface area contributed by atoms with E-state index in [-0.39, 0.29) is 10.6 Å². The Bertz CT molecular complexity index is 1150. The van der Waals surface area contributed by atoms with Crippen molar-refractivity contribution in [1.29, 1.82) is 0 Å². The SMILES string of the molecule is Cc1ccc(-[n+]2noc([O-])c2C(=O)c2sc3nc(C)ccc3c2N)cc1. The largest absolute Gasteiger partial charge is 0.539 e. The number of rotatable bonds is 3. The molecule has 0 fully saturated rings. The zero-order valence-corrected chi connectivity index (χ0v) is 14.8. The van der Waals surface area contributed by atoms with Crippen LogP contribution >= 0.6 is 11.3 Å². The summed E-state index contributed by atoms with van der Waals surface area (Å²) in [5.41, 5.74) is 8.68. The van der Waals surface area contributed by atoms with Crippen LogP contribution in [-0.4, -0.2) is 16.0 Å². The lowest BCUT2D eigenvalue weighted by Gasteiger charge is -1.98. The number of fused-ring (bicyclic) bond motifs is 1. The number of nitrogen functional groups attached to an aromatic ring is 1. The summed E-state index contributed by atoms with van der Waals surface area (Å²) in [5.74, 6) is -1.34. The highest BCUT2D eigenvalue weighted by Gasteiger charge is 2.31. The Kier molecular flexibility index (Phi) is 3.69. The van der Waals surface area contributed by atoms with Gasteiger partial charge in [-0.15, -0.1) is 11.3 Å². The molecule has 0 atom stereocenters. The van der Waals surface area contributed by atoms with Gasteiger partial charge in [0, 0.05) is 23.2 Å². The molecule has 0 bridgehead atoms. The number of anilines is 1. The molecule has 3 aromatic heterocycles. The maximum Gasteiger partial charge on any atom is 0.312 e. The summed E-state index contributed by atoms with van der Waals surface area (Å²) in [4.78, 5) is 18.3. The van der Waals surface area contributed by atoms with Crippen molar-refractivity contribution in [3.8, 4) is 11.6 Å². The Morgan fingerprint density at radius 2 is 1.92 bits per heavy atom. The number of benzene rings is 1. The van der Waals surface area contributed by atoms with E-state index in [0.29, 0.717) is 21.6 Å². The third-order valence-corrected chi connectivity index (χ3v) is 5.16. The summed E-state index contributed by atoms with van der Waals surface area (Å²) in [7, 11) is 0. The van der Waals surface area contributed by atoms with Crippen LogP contribution < -0.4 is 15.5 Å². The summed E-state index contributed by atoms with van der Waals surface area (Å²) >= 11 is 1.15. The van der Waals surface area contributed by atoms with Crippen LogP contribution in [0.2, 0.25) is 0 Å². The molecule has 1 aromatic carbocycles. The van der Waals surface area contributed by atoms with Crippen molar-refractivity contribution < 1.29 is 19.1 Å². The van der Waals surface area contributed by atoms with Gasteiger partial charge in [0.25, 0.3) is 5.78 Å². The van der Waals surface area contributed by atoms with Gasteiger partial charge in [0.15, 0.2) is 5.95 Å². The highest BCUT2D eigenvalue weighted by atomic mass is 32.1. The molecule has 8 heteroatoms. The first-order valence-electron chi connectivity index (χ1n) is 7.82. The van der Waals surface area contributed by atoms with E-state index in [1.165, 1.54) is 4.68 Å². The first-order chi connectivity index (χ1) is 12.5. The first kappa shape index (κ1) is 16.2. The first-order valence-corrected chi connectivity index (χ1v) is 8.63. The molecule has 0 saturated heterocycles. The number of thiophene rings is 1. The molecule has 130 valence electrons. The summed E-state index contributed by atoms with van der Waals surface area (Å²) in [6, 6.07) is 10.9. The van der Waals surface area contributed by atoms with E-state index >= 15 is 0 Å². The average molecular weight is 366 g/mol. The van der Waals surface area contributed by atoms with Crippen LogP contribution in [0.5, 0.6) is 5.95 Å². The van der Waals surface area contributed by atoms with E-state index in [1.807, 2.05) is 38.1 Å². The summed E-state index contributed by atoms with van der Waals surface area (Å²) in [6.07, 6.45) is 0. The Labute approximate surface area is 152 Å². The number of nitrogens with zero attached hydrogens (tertiary/aromatic N) is 3. The minimum atomic E-state index is -0.809. The smallest absolute Gasteiger partial charge is 0.312 e. The minimum Gasteiger partial charge on any atom is -0.539 e. The summed E-state index contributed by atoms with van der Waals surface area (Å²) in [6.45, 7) is 3.80. The lowest BCUT2D eigenvalue weighted by Crippen LogP contribution is -2.39. The zero-order valence-electron chi connectivity index (χ0n) is 14.0. The van der Waals surface area contributed by atoms with E-state index < -0.39 is 11.7 Å². The molecule has 0 spiro atoms. The lowest BCUT2D eigenvalue weighted by molar-refractivity contribution is -0.672. The van der Waals surface area contributed by atoms with Gasteiger partial charge in [0.1, 0.15) is 9.71 Å². The zero-order chi connectivity index (χ0) is 18.4. The van der Waals surface area contributed by atoms with Gasteiger partial charge in [-0.05, 0) is 30.7 Å². The van der Waals surface area contributed by atoms with Gasteiger partial charge in [0.05, 0.1) is 11.0 Å². The van der Waals surface area contributed by atoms with E-state index in [1.54, 1.807) is 12.1 Å². The normalized spacial score (nSPS) is 11.2. The van der Waals surface area contributed by atoms with E-state index in [2.05, 4.69) is 10.3 Å². The fourth-order valence-electron chi connectivity index (χ4n) is 2.67. The second kappa shape index (κ2) is 5.92. The van der Waals surface area contributed by atoms with Crippen LogP contribution in [0, 0.1) is 13.8 Å². The van der Waals surface area contributed by atoms with Gasteiger partial charge >= 0.3 is 5.69 Å². The Morgan fingerprint density at radius 1 is 1.19 bits per heavy atom. The standard InChI is InChI=1S/C18H14N4O3S/c1-9-3-6-11(7-4-9)22-14(18(24)25-21-22)15(23)16-13(19)12-8-5-10(2)20-17(12)26-16/h3-8H,1-2H3,(H2-,19,21,23,24). The maximum atomic E-state index is 13.0. The van der Waals surface area contributed by atoms with Crippen molar-refractivity contribution in [2.75, 3.05) is 5.73 Å². The van der Waals surface area contributed by atoms with Crippen molar-refractivity contribution in [1.82, 2.24) is 10.3 Å². The molecule has 7 nitrogen and oxygen atoms in total. The predicted octanol–water partition coefficient (Wildman–Crippen LogP) is 2.06. The monoisotopic (exact) mass is 366 g/mol. The Balaban J connectivity index is 1.86. The number of ketones is 1. The number of nitrogens with two attached hydrogens (primary N) is 1. The van der Waals surface area contributed by atoms with E-state index in [9.17, 15) is 9.90 Å². The van der Waals surface area contributed by atoms with Crippen molar-refractivity contribution in [2.24, 2.45) is 0 Å². The van der Waals surface area contributed by atoms with Crippen molar-refractivity contribution >= 4 is 33.0 Å². The van der Waals surface area contributed by atoms with Crippen LogP contribution in [0.15, 0.2) is 40.9 Å². The molecule has 4 aromatic rings. The number of hydrogen-bond donors (Lipinski definition) is 1. The highest BCUT2D eigenvalue weighted by molar-refractivity contribution is 7.21. The fourth-order valence-corrected chi connectivity index (χ4v) is 3.75. The van der Waals surface area contributed by atoms with Crippen LogP contribution in [0.25, 0.3) is 15.9 Å². The van der Waals surface area contributed by atoms with Gasteiger partial charge < -0.3 is 15.4 Å². The molecule has 26 heavy (non-hydrogen) atoms. The third kappa shape index (κ3) is 2.51. The summed E-state index contributed by atoms with van der Waals surface area (Å²) < 4.78 is 5.94. The fraction of sp³-hybridized carbons (Fsp3) is 0.111. The topological polar surface area (TPSA) is 109 Å². The quantitative estimate of drug-likeness (QED) is 0.439. The lowest BCUT2D eigenvalue weighted by atomic mass is 10.1. The van der Waals surface area contributed by atoms with Crippen LogP contribution in [0.1, 0.15) is 26.6 Å². The van der Waals surface area contributed by atoms with Gasteiger partial charge in [-0.2, -0.15) is 0 Å². The number of carbonyl (C=O) groups is 1. The molecular weight excluding hydrogens is 352 g/mol. The Morgan fingerprint density at radius 3 is 2.65 bits per heavy atom. The molecule has 2 N–H and O–H groups in total. The van der Waals surface area contributed by atoms with Gasteiger partial charge in [-0.1, -0.05) is 17.7 Å². The maximum absolute atomic E-state index is 13.0. The number of pyridine rings is 1. The second-order valence-corrected chi connectivity index (χ2v) is 6.93. The molecule has 0 radical (unpaired) electrons. The third-order valence-electron chi connectivity index (χ3n) is 4.04. The van der Waals surface area contributed by atoms with Crippen molar-refractivity contribution in [3.63, 3.8) is 0 Å². The van der Waals surface area contributed by atoms with Crippen LogP contribution in [0.4, 0.5) is 5.69 Å². The molecule has 0 aliphatic rings. The van der Waals surface area contributed by atoms with Gasteiger partial charge in [-0.25, -0.2) is 4.98 Å². The van der Waals surface area contributed by atoms with Crippen LogP contribution in [-0.2, 0) is 0 Å². The van der Waals surface area contributed by atoms with E-state index in [0.717, 1.165) is 22.6 Å².